The van der Waals surface area contributed by atoms with Crippen molar-refractivity contribution in [3.05, 3.63) is 67.0 Å². The lowest BCUT2D eigenvalue weighted by Crippen LogP contribution is -2.29. The summed E-state index contributed by atoms with van der Waals surface area (Å²) in [6.45, 7) is 0. The van der Waals surface area contributed by atoms with Crippen molar-refractivity contribution in [2.24, 2.45) is 5.84 Å². The summed E-state index contributed by atoms with van der Waals surface area (Å²) in [5, 5.41) is 0. The summed E-state index contributed by atoms with van der Waals surface area (Å²) in [5.74, 6) is 5.70. The van der Waals surface area contributed by atoms with Crippen molar-refractivity contribution in [3.8, 4) is 0 Å². The monoisotopic (exact) mass is 446 g/mol. The molecule has 0 aliphatic heterocycles. The van der Waals surface area contributed by atoms with Crippen molar-refractivity contribution in [3.63, 3.8) is 0 Å². The molecule has 0 aromatic heterocycles. The molecule has 2 nitrogen and oxygen atoms in total. The zero-order valence-electron chi connectivity index (χ0n) is 10.0. The molecule has 1 atom stereocenters. The first-order chi connectivity index (χ1) is 9.10. The Morgan fingerprint density at radius 2 is 1.74 bits per heavy atom. The van der Waals surface area contributed by atoms with Gasteiger partial charge in [0.05, 0.1) is 6.04 Å². The van der Waals surface area contributed by atoms with Gasteiger partial charge in [-0.25, -0.2) is 0 Å². The summed E-state index contributed by atoms with van der Waals surface area (Å²) in [4.78, 5) is 0. The van der Waals surface area contributed by atoms with Crippen LogP contribution in [0.1, 0.15) is 17.2 Å². The Morgan fingerprint density at radius 1 is 1.00 bits per heavy atom. The number of halogens is 3. The molecule has 0 bridgehead atoms. The summed E-state index contributed by atoms with van der Waals surface area (Å²) in [6.07, 6.45) is 0.830. The molecule has 0 radical (unpaired) electrons. The molecule has 0 heterocycles. The van der Waals surface area contributed by atoms with Crippen LogP contribution in [0.3, 0.4) is 0 Å². The highest BCUT2D eigenvalue weighted by molar-refractivity contribution is 9.11. The van der Waals surface area contributed by atoms with E-state index >= 15 is 0 Å². The van der Waals surface area contributed by atoms with Crippen molar-refractivity contribution >= 4 is 47.8 Å². The Kier molecular flexibility index (Phi) is 5.59. The molecule has 0 fully saturated rings. The standard InChI is InChI=1S/C14H13Br3N2/c15-10-3-1-2-9(6-10)7-14(19-18)12-5-4-11(16)8-13(12)17/h1-6,8,14,19H,7,18H2. The smallest absolute Gasteiger partial charge is 0.0511 e. The van der Waals surface area contributed by atoms with Crippen LogP contribution in [0.4, 0.5) is 0 Å². The number of rotatable bonds is 4. The summed E-state index contributed by atoms with van der Waals surface area (Å²) in [7, 11) is 0. The predicted molar refractivity (Wildman–Crippen MR) is 89.8 cm³/mol. The maximum Gasteiger partial charge on any atom is 0.0511 e. The number of nitrogens with two attached hydrogens (primary N) is 1. The molecule has 0 spiro atoms. The first-order valence-corrected chi connectivity index (χ1v) is 8.13. The molecule has 0 saturated heterocycles. The lowest BCUT2D eigenvalue weighted by molar-refractivity contribution is 0.550. The van der Waals surface area contributed by atoms with Gasteiger partial charge in [0, 0.05) is 13.4 Å². The van der Waals surface area contributed by atoms with Gasteiger partial charge >= 0.3 is 0 Å². The summed E-state index contributed by atoms with van der Waals surface area (Å²) < 4.78 is 3.16. The molecular formula is C14H13Br3N2. The van der Waals surface area contributed by atoms with Crippen LogP contribution in [-0.2, 0) is 6.42 Å². The maximum absolute atomic E-state index is 5.70. The predicted octanol–water partition coefficient (Wildman–Crippen LogP) is 4.72. The molecule has 5 heteroatoms. The van der Waals surface area contributed by atoms with Crippen molar-refractivity contribution in [2.45, 2.75) is 12.5 Å². The van der Waals surface area contributed by atoms with Gasteiger partial charge < -0.3 is 0 Å². The van der Waals surface area contributed by atoms with E-state index in [0.29, 0.717) is 0 Å². The molecule has 0 saturated carbocycles. The zero-order chi connectivity index (χ0) is 13.8. The molecule has 100 valence electrons. The van der Waals surface area contributed by atoms with Gasteiger partial charge in [0.25, 0.3) is 0 Å². The zero-order valence-corrected chi connectivity index (χ0v) is 14.8. The molecule has 2 aromatic rings. The van der Waals surface area contributed by atoms with Crippen molar-refractivity contribution in [2.75, 3.05) is 0 Å². The molecule has 2 rings (SSSR count). The van der Waals surface area contributed by atoms with E-state index in [0.717, 1.165) is 25.4 Å². The fraction of sp³-hybridized carbons (Fsp3) is 0.143. The molecule has 0 aliphatic carbocycles. The fourth-order valence-electron chi connectivity index (χ4n) is 1.94. The second-order valence-corrected chi connectivity index (χ2v) is 6.90. The molecule has 0 amide bonds. The molecule has 0 aliphatic rings. The second-order valence-electron chi connectivity index (χ2n) is 4.22. The first-order valence-electron chi connectivity index (χ1n) is 5.75. The fourth-order valence-corrected chi connectivity index (χ4v) is 3.71. The quantitative estimate of drug-likeness (QED) is 0.524. The van der Waals surface area contributed by atoms with Gasteiger partial charge in [-0.2, -0.15) is 0 Å². The van der Waals surface area contributed by atoms with Crippen LogP contribution in [-0.4, -0.2) is 0 Å². The number of hydrogen-bond acceptors (Lipinski definition) is 2. The van der Waals surface area contributed by atoms with E-state index in [1.165, 1.54) is 5.56 Å². The molecule has 2 aromatic carbocycles. The van der Waals surface area contributed by atoms with Gasteiger partial charge in [-0.1, -0.05) is 66.0 Å². The Balaban J connectivity index is 2.25. The topological polar surface area (TPSA) is 38.0 Å². The average Bonchev–Trinajstić information content (AvgIpc) is 2.37. The first kappa shape index (κ1) is 15.2. The van der Waals surface area contributed by atoms with E-state index in [2.05, 4.69) is 71.4 Å². The third-order valence-electron chi connectivity index (χ3n) is 2.87. The van der Waals surface area contributed by atoms with E-state index in [4.69, 9.17) is 5.84 Å². The largest absolute Gasteiger partial charge is 0.271 e. The summed E-state index contributed by atoms with van der Waals surface area (Å²) in [6, 6.07) is 14.4. The van der Waals surface area contributed by atoms with Crippen LogP contribution < -0.4 is 11.3 Å². The minimum Gasteiger partial charge on any atom is -0.271 e. The molecule has 3 N–H and O–H groups in total. The van der Waals surface area contributed by atoms with Crippen LogP contribution in [0.5, 0.6) is 0 Å². The highest BCUT2D eigenvalue weighted by atomic mass is 79.9. The number of hydrazine groups is 1. The SMILES string of the molecule is NNC(Cc1cccc(Br)c1)c1ccc(Br)cc1Br. The lowest BCUT2D eigenvalue weighted by atomic mass is 9.99. The Labute approximate surface area is 138 Å². The van der Waals surface area contributed by atoms with Gasteiger partial charge in [-0.05, 0) is 41.8 Å². The number of hydrogen-bond donors (Lipinski definition) is 2. The number of nitrogens with one attached hydrogen (secondary N) is 1. The van der Waals surface area contributed by atoms with E-state index < -0.39 is 0 Å². The van der Waals surface area contributed by atoms with E-state index in [-0.39, 0.29) is 6.04 Å². The Morgan fingerprint density at radius 3 is 2.37 bits per heavy atom. The van der Waals surface area contributed by atoms with Crippen LogP contribution in [0.15, 0.2) is 55.9 Å². The Hall–Kier alpha value is -0.200. The molecule has 1 unspecified atom stereocenters. The van der Waals surface area contributed by atoms with Crippen LogP contribution >= 0.6 is 47.8 Å². The minimum absolute atomic E-state index is 0.0665. The second kappa shape index (κ2) is 6.99. The third-order valence-corrected chi connectivity index (χ3v) is 4.54. The van der Waals surface area contributed by atoms with Gasteiger partial charge in [-0.3, -0.25) is 11.3 Å². The van der Waals surface area contributed by atoms with Crippen LogP contribution in [0.2, 0.25) is 0 Å². The maximum atomic E-state index is 5.70. The van der Waals surface area contributed by atoms with Gasteiger partial charge in [0.1, 0.15) is 0 Å². The van der Waals surface area contributed by atoms with E-state index in [9.17, 15) is 0 Å². The van der Waals surface area contributed by atoms with Crippen molar-refractivity contribution in [1.82, 2.24) is 5.43 Å². The third kappa shape index (κ3) is 4.13. The summed E-state index contributed by atoms with van der Waals surface area (Å²) >= 11 is 10.5. The van der Waals surface area contributed by atoms with Gasteiger partial charge in [-0.15, -0.1) is 0 Å². The van der Waals surface area contributed by atoms with Crippen molar-refractivity contribution < 1.29 is 0 Å². The highest BCUT2D eigenvalue weighted by Crippen LogP contribution is 2.29. The minimum atomic E-state index is 0.0665. The average molecular weight is 449 g/mol. The van der Waals surface area contributed by atoms with E-state index in [1.807, 2.05) is 24.3 Å². The summed E-state index contributed by atoms with van der Waals surface area (Å²) in [5.41, 5.74) is 5.26. The highest BCUT2D eigenvalue weighted by Gasteiger charge is 2.14. The van der Waals surface area contributed by atoms with Crippen molar-refractivity contribution in [1.29, 1.82) is 0 Å². The van der Waals surface area contributed by atoms with Gasteiger partial charge in [0.15, 0.2) is 0 Å². The van der Waals surface area contributed by atoms with Crippen LogP contribution in [0, 0.1) is 0 Å². The lowest BCUT2D eigenvalue weighted by Gasteiger charge is -2.18. The van der Waals surface area contributed by atoms with Crippen LogP contribution in [0.25, 0.3) is 0 Å². The molecule has 19 heavy (non-hydrogen) atoms. The van der Waals surface area contributed by atoms with Gasteiger partial charge in [0.2, 0.25) is 0 Å². The number of benzene rings is 2. The normalized spacial score (nSPS) is 12.4. The Bertz CT molecular complexity index is 572. The molecular weight excluding hydrogens is 436 g/mol. The van der Waals surface area contributed by atoms with E-state index in [1.54, 1.807) is 0 Å².